The Kier molecular flexibility index (Phi) is 6.41. The standard InChI is InChI=1S/C14H27NO3/c1-2-6-15-8-13-3-4-14(18-13)11-17-10-12-5-7-16-9-12/h12-15H,2-11H2,1H3. The van der Waals surface area contributed by atoms with E-state index in [1.54, 1.807) is 0 Å². The monoisotopic (exact) mass is 257 g/mol. The third kappa shape index (κ3) is 4.84. The molecule has 0 spiro atoms. The van der Waals surface area contributed by atoms with Gasteiger partial charge in [0, 0.05) is 19.1 Å². The molecule has 2 saturated heterocycles. The van der Waals surface area contributed by atoms with Crippen LogP contribution in [-0.2, 0) is 14.2 Å². The summed E-state index contributed by atoms with van der Waals surface area (Å²) < 4.78 is 17.0. The molecule has 3 unspecified atom stereocenters. The van der Waals surface area contributed by atoms with Crippen molar-refractivity contribution in [2.24, 2.45) is 5.92 Å². The fraction of sp³-hybridized carbons (Fsp3) is 1.00. The molecule has 0 bridgehead atoms. The minimum atomic E-state index is 0.306. The lowest BCUT2D eigenvalue weighted by atomic mass is 10.1. The smallest absolute Gasteiger partial charge is 0.0813 e. The Hall–Kier alpha value is -0.160. The van der Waals surface area contributed by atoms with Gasteiger partial charge in [0.25, 0.3) is 0 Å². The SMILES string of the molecule is CCCNCC1CCC(COCC2CCOC2)O1. The molecule has 4 nitrogen and oxygen atoms in total. The van der Waals surface area contributed by atoms with Gasteiger partial charge in [0.05, 0.1) is 32.0 Å². The Morgan fingerprint density at radius 2 is 2.06 bits per heavy atom. The van der Waals surface area contributed by atoms with E-state index in [1.807, 2.05) is 0 Å². The predicted octanol–water partition coefficient (Wildman–Crippen LogP) is 1.59. The normalized spacial score (nSPS) is 32.2. The largest absolute Gasteiger partial charge is 0.381 e. The van der Waals surface area contributed by atoms with E-state index in [0.29, 0.717) is 18.1 Å². The lowest BCUT2D eigenvalue weighted by Gasteiger charge is -2.15. The molecule has 2 fully saturated rings. The topological polar surface area (TPSA) is 39.7 Å². The van der Waals surface area contributed by atoms with Crippen LogP contribution in [0.25, 0.3) is 0 Å². The van der Waals surface area contributed by atoms with Crippen LogP contribution in [0.3, 0.4) is 0 Å². The third-order valence-electron chi connectivity index (χ3n) is 3.68. The molecule has 0 amide bonds. The average molecular weight is 257 g/mol. The molecule has 0 saturated carbocycles. The van der Waals surface area contributed by atoms with Crippen LogP contribution in [0.15, 0.2) is 0 Å². The summed E-state index contributed by atoms with van der Waals surface area (Å²) in [6, 6.07) is 0. The summed E-state index contributed by atoms with van der Waals surface area (Å²) in [5.41, 5.74) is 0. The van der Waals surface area contributed by atoms with E-state index >= 15 is 0 Å². The number of hydrogen-bond acceptors (Lipinski definition) is 4. The Morgan fingerprint density at radius 1 is 1.17 bits per heavy atom. The molecular formula is C14H27NO3. The Balaban J connectivity index is 1.49. The van der Waals surface area contributed by atoms with Crippen LogP contribution < -0.4 is 5.32 Å². The van der Waals surface area contributed by atoms with Crippen molar-refractivity contribution in [3.8, 4) is 0 Å². The molecular weight excluding hydrogens is 230 g/mol. The van der Waals surface area contributed by atoms with Gasteiger partial charge < -0.3 is 19.5 Å². The molecule has 0 aliphatic carbocycles. The molecule has 2 rings (SSSR count). The maximum absolute atomic E-state index is 5.95. The van der Waals surface area contributed by atoms with Gasteiger partial charge in [-0.15, -0.1) is 0 Å². The van der Waals surface area contributed by atoms with Crippen molar-refractivity contribution >= 4 is 0 Å². The molecule has 18 heavy (non-hydrogen) atoms. The van der Waals surface area contributed by atoms with Crippen LogP contribution in [-0.4, -0.2) is 51.7 Å². The summed E-state index contributed by atoms with van der Waals surface area (Å²) >= 11 is 0. The Morgan fingerprint density at radius 3 is 2.83 bits per heavy atom. The van der Waals surface area contributed by atoms with Crippen LogP contribution >= 0.6 is 0 Å². The van der Waals surface area contributed by atoms with Crippen molar-refractivity contribution in [2.75, 3.05) is 39.5 Å². The van der Waals surface area contributed by atoms with Gasteiger partial charge in [0.1, 0.15) is 0 Å². The minimum Gasteiger partial charge on any atom is -0.381 e. The van der Waals surface area contributed by atoms with Crippen molar-refractivity contribution in [1.29, 1.82) is 0 Å². The molecule has 2 aliphatic rings. The summed E-state index contributed by atoms with van der Waals surface area (Å²) in [6.07, 6.45) is 5.33. The second kappa shape index (κ2) is 8.10. The predicted molar refractivity (Wildman–Crippen MR) is 70.8 cm³/mol. The molecule has 0 aromatic rings. The highest BCUT2D eigenvalue weighted by atomic mass is 16.5. The molecule has 0 aromatic carbocycles. The van der Waals surface area contributed by atoms with Crippen molar-refractivity contribution in [2.45, 2.75) is 44.8 Å². The van der Waals surface area contributed by atoms with E-state index < -0.39 is 0 Å². The fourth-order valence-corrected chi connectivity index (χ4v) is 2.57. The summed E-state index contributed by atoms with van der Waals surface area (Å²) in [7, 11) is 0. The minimum absolute atomic E-state index is 0.306. The van der Waals surface area contributed by atoms with Crippen LogP contribution in [0.1, 0.15) is 32.6 Å². The van der Waals surface area contributed by atoms with Gasteiger partial charge in [-0.25, -0.2) is 0 Å². The Bertz CT molecular complexity index is 219. The third-order valence-corrected chi connectivity index (χ3v) is 3.68. The van der Waals surface area contributed by atoms with E-state index in [0.717, 1.165) is 58.8 Å². The lowest BCUT2D eigenvalue weighted by molar-refractivity contribution is -0.0224. The van der Waals surface area contributed by atoms with Crippen molar-refractivity contribution in [1.82, 2.24) is 5.32 Å². The van der Waals surface area contributed by atoms with Gasteiger partial charge in [0.15, 0.2) is 0 Å². The van der Waals surface area contributed by atoms with Gasteiger partial charge in [-0.05, 0) is 32.2 Å². The molecule has 0 radical (unpaired) electrons. The highest BCUT2D eigenvalue weighted by molar-refractivity contribution is 4.75. The zero-order valence-electron chi connectivity index (χ0n) is 11.5. The van der Waals surface area contributed by atoms with Crippen molar-refractivity contribution in [3.63, 3.8) is 0 Å². The maximum atomic E-state index is 5.95. The highest BCUT2D eigenvalue weighted by Crippen LogP contribution is 2.20. The van der Waals surface area contributed by atoms with Gasteiger partial charge in [-0.2, -0.15) is 0 Å². The van der Waals surface area contributed by atoms with E-state index in [9.17, 15) is 0 Å². The van der Waals surface area contributed by atoms with Crippen LogP contribution in [0.5, 0.6) is 0 Å². The average Bonchev–Trinajstić information content (AvgIpc) is 3.01. The van der Waals surface area contributed by atoms with Gasteiger partial charge >= 0.3 is 0 Å². The number of ether oxygens (including phenoxy) is 3. The van der Waals surface area contributed by atoms with E-state index in [-0.39, 0.29) is 0 Å². The number of nitrogens with one attached hydrogen (secondary N) is 1. The quantitative estimate of drug-likeness (QED) is 0.670. The fourth-order valence-electron chi connectivity index (χ4n) is 2.57. The molecule has 106 valence electrons. The van der Waals surface area contributed by atoms with E-state index in [1.165, 1.54) is 6.42 Å². The van der Waals surface area contributed by atoms with Crippen LogP contribution in [0.4, 0.5) is 0 Å². The summed E-state index contributed by atoms with van der Waals surface area (Å²) in [4.78, 5) is 0. The molecule has 0 aromatic heterocycles. The summed E-state index contributed by atoms with van der Waals surface area (Å²) in [6.45, 7) is 7.61. The first-order chi connectivity index (χ1) is 8.88. The summed E-state index contributed by atoms with van der Waals surface area (Å²) in [5.74, 6) is 0.605. The van der Waals surface area contributed by atoms with Crippen LogP contribution in [0, 0.1) is 5.92 Å². The first-order valence-electron chi connectivity index (χ1n) is 7.40. The number of rotatable bonds is 8. The zero-order chi connectivity index (χ0) is 12.6. The molecule has 2 heterocycles. The Labute approximate surface area is 110 Å². The molecule has 4 heteroatoms. The van der Waals surface area contributed by atoms with Gasteiger partial charge in [-0.3, -0.25) is 0 Å². The first kappa shape index (κ1) is 14.3. The number of hydrogen-bond donors (Lipinski definition) is 1. The molecule has 3 atom stereocenters. The summed E-state index contributed by atoms with van der Waals surface area (Å²) in [5, 5.41) is 3.42. The van der Waals surface area contributed by atoms with E-state index in [4.69, 9.17) is 14.2 Å². The molecule has 1 N–H and O–H groups in total. The lowest BCUT2D eigenvalue weighted by Crippen LogP contribution is -2.28. The van der Waals surface area contributed by atoms with Crippen molar-refractivity contribution < 1.29 is 14.2 Å². The van der Waals surface area contributed by atoms with Gasteiger partial charge in [0.2, 0.25) is 0 Å². The van der Waals surface area contributed by atoms with Crippen molar-refractivity contribution in [3.05, 3.63) is 0 Å². The second-order valence-corrected chi connectivity index (χ2v) is 5.43. The van der Waals surface area contributed by atoms with E-state index in [2.05, 4.69) is 12.2 Å². The maximum Gasteiger partial charge on any atom is 0.0813 e. The second-order valence-electron chi connectivity index (χ2n) is 5.43. The molecule has 2 aliphatic heterocycles. The van der Waals surface area contributed by atoms with Gasteiger partial charge in [-0.1, -0.05) is 6.92 Å². The zero-order valence-corrected chi connectivity index (χ0v) is 11.5. The first-order valence-corrected chi connectivity index (χ1v) is 7.40. The highest BCUT2D eigenvalue weighted by Gasteiger charge is 2.25. The van der Waals surface area contributed by atoms with Crippen LogP contribution in [0.2, 0.25) is 0 Å².